The molecule has 2 aromatic carbocycles. The van der Waals surface area contributed by atoms with E-state index in [1.165, 1.54) is 0 Å². The average molecular weight is 378 g/mol. The summed E-state index contributed by atoms with van der Waals surface area (Å²) in [6.07, 6.45) is 0. The Bertz CT molecular complexity index is 933. The van der Waals surface area contributed by atoms with E-state index in [0.29, 0.717) is 48.5 Å². The van der Waals surface area contributed by atoms with E-state index in [1.807, 2.05) is 36.4 Å². The van der Waals surface area contributed by atoms with Crippen molar-refractivity contribution in [1.29, 1.82) is 0 Å². The monoisotopic (exact) mass is 378 g/mol. The van der Waals surface area contributed by atoms with Crippen molar-refractivity contribution in [2.24, 2.45) is 11.8 Å². The topological polar surface area (TPSA) is 76.7 Å². The van der Waals surface area contributed by atoms with Crippen molar-refractivity contribution in [2.45, 2.75) is 12.0 Å². The van der Waals surface area contributed by atoms with Gasteiger partial charge in [0.15, 0.2) is 0 Å². The van der Waals surface area contributed by atoms with Crippen LogP contribution in [0.2, 0.25) is 0 Å². The summed E-state index contributed by atoms with van der Waals surface area (Å²) in [5, 5.41) is 5.76. The third-order valence-corrected chi connectivity index (χ3v) is 6.07. The molecule has 4 atom stereocenters. The Morgan fingerprint density at radius 3 is 2.46 bits per heavy atom. The molecule has 5 rings (SSSR count). The zero-order valence-corrected chi connectivity index (χ0v) is 15.6. The zero-order chi connectivity index (χ0) is 19.3. The minimum atomic E-state index is -0.253. The lowest BCUT2D eigenvalue weighted by atomic mass is 9.90. The number of hydrogen-bond acceptors (Lipinski definition) is 4. The largest absolute Gasteiger partial charge is 0.491 e. The van der Waals surface area contributed by atoms with Gasteiger partial charge in [0.1, 0.15) is 5.75 Å². The average Bonchev–Trinajstić information content (AvgIpc) is 3.10. The predicted octanol–water partition coefficient (Wildman–Crippen LogP) is 1.95. The summed E-state index contributed by atoms with van der Waals surface area (Å²) in [5.74, 6) is 1.03. The van der Waals surface area contributed by atoms with Gasteiger partial charge in [-0.3, -0.25) is 9.59 Å². The molecular weight excluding hydrogens is 356 g/mol. The van der Waals surface area contributed by atoms with Crippen LogP contribution in [0, 0.1) is 11.8 Å². The van der Waals surface area contributed by atoms with Gasteiger partial charge in [-0.25, -0.2) is 0 Å². The van der Waals surface area contributed by atoms with E-state index >= 15 is 0 Å². The SMILES string of the molecule is CNC(=O)c1cc(C(=O)NC2[C@H]3COC[C@@H]23)cc2c1OCC2c1ccccc1. The van der Waals surface area contributed by atoms with Crippen molar-refractivity contribution in [1.82, 2.24) is 10.6 Å². The number of fused-ring (bicyclic) bond motifs is 2. The molecule has 1 saturated carbocycles. The van der Waals surface area contributed by atoms with Gasteiger partial charge in [-0.2, -0.15) is 0 Å². The molecule has 3 aliphatic rings. The third-order valence-electron chi connectivity index (χ3n) is 6.07. The van der Waals surface area contributed by atoms with Crippen LogP contribution < -0.4 is 15.4 Å². The number of carbonyl (C=O) groups is 2. The molecule has 2 aliphatic heterocycles. The molecule has 6 nitrogen and oxygen atoms in total. The van der Waals surface area contributed by atoms with Gasteiger partial charge in [-0.15, -0.1) is 0 Å². The minimum absolute atomic E-state index is 0.000983. The number of amides is 2. The van der Waals surface area contributed by atoms with E-state index < -0.39 is 0 Å². The molecule has 1 aliphatic carbocycles. The van der Waals surface area contributed by atoms with Crippen LogP contribution in [0.5, 0.6) is 5.75 Å². The molecule has 0 aromatic heterocycles. The van der Waals surface area contributed by atoms with Crippen molar-refractivity contribution < 1.29 is 19.1 Å². The fourth-order valence-electron chi connectivity index (χ4n) is 4.41. The van der Waals surface area contributed by atoms with E-state index in [2.05, 4.69) is 10.6 Å². The van der Waals surface area contributed by atoms with Crippen molar-refractivity contribution in [3.05, 3.63) is 64.7 Å². The van der Waals surface area contributed by atoms with Gasteiger partial charge in [0.2, 0.25) is 0 Å². The van der Waals surface area contributed by atoms with E-state index in [4.69, 9.17) is 9.47 Å². The first-order valence-electron chi connectivity index (χ1n) is 9.63. The summed E-state index contributed by atoms with van der Waals surface area (Å²) >= 11 is 0. The lowest BCUT2D eigenvalue weighted by molar-refractivity contribution is 0.0929. The highest BCUT2D eigenvalue weighted by Crippen LogP contribution is 2.45. The molecule has 0 spiro atoms. The van der Waals surface area contributed by atoms with Gasteiger partial charge in [0.05, 0.1) is 25.4 Å². The van der Waals surface area contributed by atoms with Crippen LogP contribution in [0.1, 0.15) is 37.8 Å². The number of ether oxygens (including phenoxy) is 2. The minimum Gasteiger partial charge on any atom is -0.491 e. The molecule has 2 N–H and O–H groups in total. The Hall–Kier alpha value is -2.86. The number of benzene rings is 2. The number of nitrogens with one attached hydrogen (secondary N) is 2. The van der Waals surface area contributed by atoms with E-state index in [0.717, 1.165) is 11.1 Å². The molecule has 2 amide bonds. The predicted molar refractivity (Wildman–Crippen MR) is 103 cm³/mol. The summed E-state index contributed by atoms with van der Waals surface area (Å²) < 4.78 is 11.3. The lowest BCUT2D eigenvalue weighted by Gasteiger charge is -2.13. The van der Waals surface area contributed by atoms with Crippen LogP contribution in [0.4, 0.5) is 0 Å². The van der Waals surface area contributed by atoms with Crippen LogP contribution in [0.15, 0.2) is 42.5 Å². The van der Waals surface area contributed by atoms with E-state index in [1.54, 1.807) is 13.1 Å². The molecule has 2 heterocycles. The maximum absolute atomic E-state index is 12.9. The molecule has 2 aromatic rings. The molecule has 2 fully saturated rings. The Labute approximate surface area is 163 Å². The maximum Gasteiger partial charge on any atom is 0.254 e. The first-order chi connectivity index (χ1) is 13.7. The standard InChI is InChI=1S/C22H22N2O4/c1-23-22(26)15-8-13(21(25)24-19-17-9-27-10-18(17)19)7-14-16(11-28-20(14)15)12-5-3-2-4-6-12/h2-8,16-19H,9-11H2,1H3,(H,23,26)(H,24,25)/t16?,17-,18+,19?. The summed E-state index contributed by atoms with van der Waals surface area (Å²) in [7, 11) is 1.58. The van der Waals surface area contributed by atoms with Crippen molar-refractivity contribution in [3.8, 4) is 5.75 Å². The molecule has 0 radical (unpaired) electrons. The summed E-state index contributed by atoms with van der Waals surface area (Å²) in [6.45, 7) is 1.89. The Morgan fingerprint density at radius 2 is 1.75 bits per heavy atom. The van der Waals surface area contributed by atoms with Gasteiger partial charge in [0, 0.05) is 42.0 Å². The second-order valence-corrected chi connectivity index (χ2v) is 7.66. The molecular formula is C22H22N2O4. The van der Waals surface area contributed by atoms with E-state index in [9.17, 15) is 9.59 Å². The Morgan fingerprint density at radius 1 is 1.00 bits per heavy atom. The normalized spacial score (nSPS) is 26.8. The number of carbonyl (C=O) groups excluding carboxylic acids is 2. The van der Waals surface area contributed by atoms with Crippen LogP contribution in [0.25, 0.3) is 0 Å². The first-order valence-corrected chi connectivity index (χ1v) is 9.63. The highest BCUT2D eigenvalue weighted by molar-refractivity contribution is 6.02. The Kier molecular flexibility index (Phi) is 4.09. The van der Waals surface area contributed by atoms with Gasteiger partial charge in [-0.05, 0) is 17.7 Å². The van der Waals surface area contributed by atoms with Crippen LogP contribution in [0.3, 0.4) is 0 Å². The Balaban J connectivity index is 1.50. The summed E-state index contributed by atoms with van der Waals surface area (Å²) in [4.78, 5) is 25.4. The summed E-state index contributed by atoms with van der Waals surface area (Å²) in [6, 6.07) is 13.7. The molecule has 1 saturated heterocycles. The lowest BCUT2D eigenvalue weighted by Crippen LogP contribution is -2.30. The van der Waals surface area contributed by atoms with Gasteiger partial charge >= 0.3 is 0 Å². The second-order valence-electron chi connectivity index (χ2n) is 7.66. The zero-order valence-electron chi connectivity index (χ0n) is 15.6. The van der Waals surface area contributed by atoms with Crippen LogP contribution >= 0.6 is 0 Å². The second kappa shape index (κ2) is 6.63. The molecule has 0 bridgehead atoms. The van der Waals surface area contributed by atoms with Crippen molar-refractivity contribution >= 4 is 11.8 Å². The third kappa shape index (κ3) is 2.76. The van der Waals surface area contributed by atoms with Crippen LogP contribution in [-0.4, -0.2) is 44.7 Å². The smallest absolute Gasteiger partial charge is 0.254 e. The van der Waals surface area contributed by atoms with Crippen molar-refractivity contribution in [2.75, 3.05) is 26.9 Å². The molecule has 2 unspecified atom stereocenters. The van der Waals surface area contributed by atoms with Crippen molar-refractivity contribution in [3.63, 3.8) is 0 Å². The maximum atomic E-state index is 12.9. The molecule has 28 heavy (non-hydrogen) atoms. The highest BCUT2D eigenvalue weighted by Gasteiger charge is 2.54. The first kappa shape index (κ1) is 17.3. The fourth-order valence-corrected chi connectivity index (χ4v) is 4.41. The number of rotatable bonds is 4. The van der Waals surface area contributed by atoms with Crippen LogP contribution in [-0.2, 0) is 4.74 Å². The van der Waals surface area contributed by atoms with Gasteiger partial charge in [0.25, 0.3) is 11.8 Å². The van der Waals surface area contributed by atoms with Gasteiger partial charge in [-0.1, -0.05) is 30.3 Å². The molecule has 144 valence electrons. The highest BCUT2D eigenvalue weighted by atomic mass is 16.5. The quantitative estimate of drug-likeness (QED) is 0.853. The summed E-state index contributed by atoms with van der Waals surface area (Å²) in [5.41, 5.74) is 2.89. The number of hydrogen-bond donors (Lipinski definition) is 2. The molecule has 6 heteroatoms. The van der Waals surface area contributed by atoms with E-state index in [-0.39, 0.29) is 23.8 Å². The van der Waals surface area contributed by atoms with Gasteiger partial charge < -0.3 is 20.1 Å². The fraction of sp³-hybridized carbons (Fsp3) is 0.364.